The first-order valence-electron chi connectivity index (χ1n) is 12.8. The van der Waals surface area contributed by atoms with E-state index < -0.39 is 0 Å². The number of benzene rings is 3. The summed E-state index contributed by atoms with van der Waals surface area (Å²) in [5.74, 6) is 1.24. The second kappa shape index (κ2) is 11.2. The lowest BCUT2D eigenvalue weighted by Gasteiger charge is -2.24. The van der Waals surface area contributed by atoms with Crippen LogP contribution in [0.1, 0.15) is 35.1 Å². The summed E-state index contributed by atoms with van der Waals surface area (Å²) in [6.07, 6.45) is 1.82. The first-order chi connectivity index (χ1) is 19.0. The molecule has 9 nitrogen and oxygen atoms in total. The second-order valence-electron chi connectivity index (χ2n) is 9.57. The lowest BCUT2D eigenvalue weighted by molar-refractivity contribution is 0.265. The topological polar surface area (TPSA) is 134 Å². The van der Waals surface area contributed by atoms with Gasteiger partial charge < -0.3 is 20.6 Å². The fourth-order valence-electron chi connectivity index (χ4n) is 4.83. The highest BCUT2D eigenvalue weighted by Crippen LogP contribution is 2.31. The Hall–Kier alpha value is -4.99. The molecule has 0 radical (unpaired) electrons. The smallest absolute Gasteiger partial charge is 0.233 e. The number of hydrogen-bond donors (Lipinski definition) is 3. The van der Waals surface area contributed by atoms with Crippen LogP contribution < -0.4 is 15.5 Å². The van der Waals surface area contributed by atoms with E-state index in [9.17, 15) is 5.11 Å². The van der Waals surface area contributed by atoms with E-state index >= 15 is 0 Å². The Labute approximate surface area is 227 Å². The standard InChI is InChI=1S/C30H28N8O/c1-19-14-24(23-9-5-21(16-31)6-10-23)15-20(2)27(19)34-29-35-28(33-25-11-7-22(17-32)8-12-25)36-30(37-29)38-13-3-4-26(38)18-39/h5-12,14-15,26,39H,3-4,13,18H2,1-2H3,(H2,33,34,35,36,37). The molecule has 1 aliphatic rings. The third-order valence-corrected chi connectivity index (χ3v) is 6.86. The quantitative estimate of drug-likeness (QED) is 0.297. The predicted octanol–water partition coefficient (Wildman–Crippen LogP) is 5.35. The molecule has 1 atom stereocenters. The van der Waals surface area contributed by atoms with Gasteiger partial charge in [0.15, 0.2) is 0 Å². The number of rotatable bonds is 7. The molecule has 5 rings (SSSR count). The number of anilines is 5. The maximum Gasteiger partial charge on any atom is 0.233 e. The average Bonchev–Trinajstić information content (AvgIpc) is 3.44. The minimum absolute atomic E-state index is 0.0296. The van der Waals surface area contributed by atoms with Crippen LogP contribution >= 0.6 is 0 Å². The normalized spacial score (nSPS) is 14.5. The van der Waals surface area contributed by atoms with Crippen LogP contribution in [0.25, 0.3) is 11.1 Å². The highest BCUT2D eigenvalue weighted by Gasteiger charge is 2.27. The molecule has 1 unspecified atom stereocenters. The van der Waals surface area contributed by atoms with Gasteiger partial charge in [0.1, 0.15) is 0 Å². The van der Waals surface area contributed by atoms with Crippen molar-refractivity contribution in [2.75, 3.05) is 28.7 Å². The number of aliphatic hydroxyl groups excluding tert-OH is 1. The van der Waals surface area contributed by atoms with Crippen molar-refractivity contribution in [3.05, 3.63) is 82.9 Å². The molecule has 194 valence electrons. The van der Waals surface area contributed by atoms with Gasteiger partial charge in [0, 0.05) is 17.9 Å². The SMILES string of the molecule is Cc1cc(-c2ccc(C#N)cc2)cc(C)c1Nc1nc(Nc2ccc(C#N)cc2)nc(N2CCCC2CO)n1. The third kappa shape index (κ3) is 5.64. The molecule has 0 saturated carbocycles. The van der Waals surface area contributed by atoms with Gasteiger partial charge in [0.25, 0.3) is 0 Å². The van der Waals surface area contributed by atoms with Crippen LogP contribution in [0, 0.1) is 36.5 Å². The van der Waals surface area contributed by atoms with E-state index in [0.29, 0.717) is 29.0 Å². The second-order valence-corrected chi connectivity index (χ2v) is 9.57. The highest BCUT2D eigenvalue weighted by atomic mass is 16.3. The monoisotopic (exact) mass is 516 g/mol. The largest absolute Gasteiger partial charge is 0.394 e. The molecule has 2 heterocycles. The van der Waals surface area contributed by atoms with Crippen molar-refractivity contribution < 1.29 is 5.11 Å². The molecule has 1 saturated heterocycles. The average molecular weight is 517 g/mol. The Bertz CT molecular complexity index is 1550. The Morgan fingerprint density at radius 3 is 2.03 bits per heavy atom. The van der Waals surface area contributed by atoms with Gasteiger partial charge in [-0.25, -0.2) is 0 Å². The number of nitriles is 2. The number of aryl methyl sites for hydroxylation is 2. The van der Waals surface area contributed by atoms with E-state index in [4.69, 9.17) is 15.5 Å². The summed E-state index contributed by atoms with van der Waals surface area (Å²) in [5.41, 5.74) is 6.97. The number of nitrogens with zero attached hydrogens (tertiary/aromatic N) is 6. The molecule has 3 N–H and O–H groups in total. The molecule has 0 spiro atoms. The van der Waals surface area contributed by atoms with Gasteiger partial charge in [0.2, 0.25) is 17.8 Å². The summed E-state index contributed by atoms with van der Waals surface area (Å²) in [5, 5.41) is 34.7. The first-order valence-corrected chi connectivity index (χ1v) is 12.8. The van der Waals surface area contributed by atoms with Crippen LogP contribution in [-0.4, -0.2) is 39.3 Å². The molecule has 9 heteroatoms. The number of hydrogen-bond acceptors (Lipinski definition) is 9. The number of aliphatic hydroxyl groups is 1. The summed E-state index contributed by atoms with van der Waals surface area (Å²) in [4.78, 5) is 16.0. The van der Waals surface area contributed by atoms with E-state index in [1.165, 1.54) is 0 Å². The van der Waals surface area contributed by atoms with Crippen LogP contribution in [-0.2, 0) is 0 Å². The Balaban J connectivity index is 1.48. The van der Waals surface area contributed by atoms with Crippen molar-refractivity contribution in [3.8, 4) is 23.3 Å². The summed E-state index contributed by atoms with van der Waals surface area (Å²) in [6.45, 7) is 4.84. The predicted molar refractivity (Wildman–Crippen MR) is 151 cm³/mol. The zero-order valence-corrected chi connectivity index (χ0v) is 21.8. The minimum atomic E-state index is -0.0433. The van der Waals surface area contributed by atoms with Crippen molar-refractivity contribution in [2.45, 2.75) is 32.7 Å². The van der Waals surface area contributed by atoms with E-state index in [1.54, 1.807) is 24.3 Å². The molecular weight excluding hydrogens is 488 g/mol. The number of aromatic nitrogens is 3. The molecule has 0 amide bonds. The summed E-state index contributed by atoms with van der Waals surface area (Å²) < 4.78 is 0. The first kappa shape index (κ1) is 25.7. The molecular formula is C30H28N8O. The maximum atomic E-state index is 9.89. The Morgan fingerprint density at radius 2 is 1.44 bits per heavy atom. The van der Waals surface area contributed by atoms with Crippen molar-refractivity contribution in [2.24, 2.45) is 0 Å². The van der Waals surface area contributed by atoms with E-state index in [1.807, 2.05) is 43.0 Å². The van der Waals surface area contributed by atoms with Gasteiger partial charge in [-0.05, 0) is 97.5 Å². The zero-order chi connectivity index (χ0) is 27.4. The fourth-order valence-corrected chi connectivity index (χ4v) is 4.83. The molecule has 3 aromatic carbocycles. The van der Waals surface area contributed by atoms with E-state index in [2.05, 4.69) is 44.9 Å². The van der Waals surface area contributed by atoms with Gasteiger partial charge in [-0.3, -0.25) is 0 Å². The fraction of sp³-hybridized carbons (Fsp3) is 0.233. The molecule has 0 bridgehead atoms. The molecule has 1 aliphatic heterocycles. The van der Waals surface area contributed by atoms with Gasteiger partial charge in [0.05, 0.1) is 35.9 Å². The van der Waals surface area contributed by atoms with Crippen molar-refractivity contribution in [1.82, 2.24) is 15.0 Å². The van der Waals surface area contributed by atoms with Crippen LogP contribution in [0.3, 0.4) is 0 Å². The van der Waals surface area contributed by atoms with E-state index in [0.717, 1.165) is 53.0 Å². The zero-order valence-electron chi connectivity index (χ0n) is 21.8. The van der Waals surface area contributed by atoms with Crippen molar-refractivity contribution in [1.29, 1.82) is 10.5 Å². The van der Waals surface area contributed by atoms with Crippen LogP contribution in [0.5, 0.6) is 0 Å². The molecule has 1 fully saturated rings. The van der Waals surface area contributed by atoms with Crippen LogP contribution in [0.2, 0.25) is 0 Å². The van der Waals surface area contributed by atoms with Crippen LogP contribution in [0.15, 0.2) is 60.7 Å². The van der Waals surface area contributed by atoms with Crippen molar-refractivity contribution in [3.63, 3.8) is 0 Å². The van der Waals surface area contributed by atoms with Gasteiger partial charge >= 0.3 is 0 Å². The third-order valence-electron chi connectivity index (χ3n) is 6.86. The lowest BCUT2D eigenvalue weighted by atomic mass is 9.98. The molecule has 39 heavy (non-hydrogen) atoms. The summed E-state index contributed by atoms with van der Waals surface area (Å²) in [6, 6.07) is 23.0. The summed E-state index contributed by atoms with van der Waals surface area (Å²) in [7, 11) is 0. The van der Waals surface area contributed by atoms with Crippen LogP contribution in [0.4, 0.5) is 29.2 Å². The molecule has 0 aliphatic carbocycles. The lowest BCUT2D eigenvalue weighted by Crippen LogP contribution is -2.33. The van der Waals surface area contributed by atoms with Crippen molar-refractivity contribution >= 4 is 29.2 Å². The minimum Gasteiger partial charge on any atom is -0.394 e. The maximum absolute atomic E-state index is 9.89. The number of nitrogens with one attached hydrogen (secondary N) is 2. The summed E-state index contributed by atoms with van der Waals surface area (Å²) >= 11 is 0. The van der Waals surface area contributed by atoms with Gasteiger partial charge in [-0.2, -0.15) is 25.5 Å². The Kier molecular flexibility index (Phi) is 7.35. The van der Waals surface area contributed by atoms with Gasteiger partial charge in [-0.15, -0.1) is 0 Å². The van der Waals surface area contributed by atoms with Gasteiger partial charge in [-0.1, -0.05) is 12.1 Å². The van der Waals surface area contributed by atoms with E-state index in [-0.39, 0.29) is 12.6 Å². The highest BCUT2D eigenvalue weighted by molar-refractivity contribution is 5.74. The molecule has 4 aromatic rings. The molecule has 1 aromatic heterocycles. The Morgan fingerprint density at radius 1 is 0.846 bits per heavy atom.